The Morgan fingerprint density at radius 2 is 1.81 bits per heavy atom. The Balaban J connectivity index is 1.62. The van der Waals surface area contributed by atoms with Crippen LogP contribution in [-0.4, -0.2) is 19.5 Å². The minimum Gasteiger partial charge on any atom is -0.507 e. The van der Waals surface area contributed by atoms with Gasteiger partial charge in [0.25, 0.3) is 0 Å². The number of hydrogen-bond donors (Lipinski definition) is 2. The summed E-state index contributed by atoms with van der Waals surface area (Å²) in [7, 11) is 0. The third kappa shape index (κ3) is 3.53. The van der Waals surface area contributed by atoms with Gasteiger partial charge in [-0.15, -0.1) is 0 Å². The number of para-hydroxylation sites is 1. The molecule has 3 N–H and O–H groups in total. The van der Waals surface area contributed by atoms with Gasteiger partial charge in [-0.1, -0.05) is 54.1 Å². The second kappa shape index (κ2) is 6.96. The van der Waals surface area contributed by atoms with Gasteiger partial charge in [-0.3, -0.25) is 4.40 Å². The topological polar surface area (TPSA) is 76.4 Å². The van der Waals surface area contributed by atoms with Crippen molar-refractivity contribution in [1.29, 1.82) is 0 Å². The molecule has 0 radical (unpaired) electrons. The Bertz CT molecular complexity index is 1130. The molecule has 0 spiro atoms. The molecule has 134 valence electrons. The zero-order chi connectivity index (χ0) is 18.8. The largest absolute Gasteiger partial charge is 0.507 e. The van der Waals surface area contributed by atoms with Crippen LogP contribution in [-0.2, 0) is 6.42 Å². The van der Waals surface area contributed by atoms with Gasteiger partial charge in [-0.05, 0) is 31.0 Å². The van der Waals surface area contributed by atoms with Crippen molar-refractivity contribution in [2.24, 2.45) is 0 Å². The van der Waals surface area contributed by atoms with E-state index in [9.17, 15) is 5.11 Å². The lowest BCUT2D eigenvalue weighted by Gasteiger charge is -2.01. The van der Waals surface area contributed by atoms with E-state index in [0.717, 1.165) is 12.0 Å². The number of rotatable bonds is 4. The van der Waals surface area contributed by atoms with Crippen molar-refractivity contribution in [1.82, 2.24) is 14.4 Å². The van der Waals surface area contributed by atoms with E-state index < -0.39 is 0 Å². The average molecular weight is 356 g/mol. The Morgan fingerprint density at radius 3 is 2.59 bits per heavy atom. The molecule has 0 aliphatic rings. The normalized spacial score (nSPS) is 11.4. The summed E-state index contributed by atoms with van der Waals surface area (Å²) in [6.07, 6.45) is 8.62. The highest BCUT2D eigenvalue weighted by Crippen LogP contribution is 2.28. The molecular weight excluding hydrogens is 336 g/mol. The molecule has 0 aliphatic heterocycles. The Labute approximate surface area is 157 Å². The van der Waals surface area contributed by atoms with Crippen LogP contribution in [0.1, 0.15) is 16.7 Å². The Hall–Kier alpha value is -3.60. The van der Waals surface area contributed by atoms with Gasteiger partial charge >= 0.3 is 0 Å². The number of nitrogens with zero attached hydrogens (tertiary/aromatic N) is 3. The fraction of sp³-hybridized carbons (Fsp3) is 0.0909. The predicted molar refractivity (Wildman–Crippen MR) is 108 cm³/mol. The number of aryl methyl sites for hydroxylation is 1. The summed E-state index contributed by atoms with van der Waals surface area (Å²) in [6.45, 7) is 2.08. The lowest BCUT2D eigenvalue weighted by atomic mass is 10.1. The van der Waals surface area contributed by atoms with Crippen LogP contribution < -0.4 is 5.73 Å². The molecule has 5 heteroatoms. The number of aromatic hydroxyl groups is 1. The van der Waals surface area contributed by atoms with E-state index in [-0.39, 0.29) is 5.75 Å². The van der Waals surface area contributed by atoms with Crippen LogP contribution in [0.15, 0.2) is 67.0 Å². The summed E-state index contributed by atoms with van der Waals surface area (Å²) in [5, 5.41) is 10.0. The number of anilines is 1. The number of nitrogen functional groups attached to an aromatic ring is 1. The summed E-state index contributed by atoms with van der Waals surface area (Å²) in [4.78, 5) is 8.86. The van der Waals surface area contributed by atoms with Gasteiger partial charge in [0.15, 0.2) is 0 Å². The molecule has 0 saturated carbocycles. The van der Waals surface area contributed by atoms with E-state index in [1.54, 1.807) is 12.1 Å². The zero-order valence-electron chi connectivity index (χ0n) is 15.0. The number of imidazole rings is 1. The minimum atomic E-state index is 0.187. The molecule has 27 heavy (non-hydrogen) atoms. The molecule has 0 saturated heterocycles. The van der Waals surface area contributed by atoms with Crippen LogP contribution in [0.25, 0.3) is 23.1 Å². The first-order valence-electron chi connectivity index (χ1n) is 8.76. The molecule has 0 unspecified atom stereocenters. The lowest BCUT2D eigenvalue weighted by molar-refractivity contribution is 0.477. The maximum Gasteiger partial charge on any atom is 0.236 e. The van der Waals surface area contributed by atoms with Crippen molar-refractivity contribution in [2.75, 3.05) is 5.73 Å². The third-order valence-corrected chi connectivity index (χ3v) is 4.46. The molecule has 0 fully saturated rings. The summed E-state index contributed by atoms with van der Waals surface area (Å²) in [5.41, 5.74) is 10.7. The molecular formula is C22H20N4O. The van der Waals surface area contributed by atoms with E-state index in [0.29, 0.717) is 22.9 Å². The number of nitrogens with two attached hydrogens (primary N) is 1. The van der Waals surface area contributed by atoms with Crippen LogP contribution in [0.5, 0.6) is 5.75 Å². The van der Waals surface area contributed by atoms with Crippen molar-refractivity contribution in [3.05, 3.63) is 83.7 Å². The number of benzene rings is 2. The highest BCUT2D eigenvalue weighted by atomic mass is 16.3. The second-order valence-electron chi connectivity index (χ2n) is 6.52. The van der Waals surface area contributed by atoms with Gasteiger partial charge in [-0.2, -0.15) is 4.98 Å². The molecule has 2 heterocycles. The minimum absolute atomic E-state index is 0.187. The first kappa shape index (κ1) is 16.8. The van der Waals surface area contributed by atoms with Crippen LogP contribution in [0.3, 0.4) is 0 Å². The first-order valence-corrected chi connectivity index (χ1v) is 8.76. The third-order valence-electron chi connectivity index (χ3n) is 4.46. The van der Waals surface area contributed by atoms with E-state index in [1.807, 2.05) is 35.0 Å². The first-order chi connectivity index (χ1) is 13.1. The Kier molecular flexibility index (Phi) is 4.34. The summed E-state index contributed by atoms with van der Waals surface area (Å²) >= 11 is 0. The fourth-order valence-corrected chi connectivity index (χ4v) is 2.94. The maximum absolute atomic E-state index is 10.0. The van der Waals surface area contributed by atoms with Crippen LogP contribution in [0.4, 0.5) is 5.82 Å². The highest BCUT2D eigenvalue weighted by Gasteiger charge is 2.10. The van der Waals surface area contributed by atoms with E-state index in [4.69, 9.17) is 5.73 Å². The van der Waals surface area contributed by atoms with Gasteiger partial charge in [0, 0.05) is 23.5 Å². The van der Waals surface area contributed by atoms with Gasteiger partial charge in [0.05, 0.1) is 5.69 Å². The van der Waals surface area contributed by atoms with Crippen molar-refractivity contribution in [3.63, 3.8) is 0 Å². The number of fused-ring (bicyclic) bond motifs is 1. The molecule has 0 atom stereocenters. The molecule has 0 aliphatic carbocycles. The van der Waals surface area contributed by atoms with Crippen LogP contribution in [0, 0.1) is 6.92 Å². The molecule has 5 nitrogen and oxygen atoms in total. The second-order valence-corrected chi connectivity index (χ2v) is 6.52. The van der Waals surface area contributed by atoms with Crippen LogP contribution in [0.2, 0.25) is 0 Å². The smallest absolute Gasteiger partial charge is 0.236 e. The molecule has 0 amide bonds. The molecule has 2 aromatic carbocycles. The summed E-state index contributed by atoms with van der Waals surface area (Å²) < 4.78 is 1.82. The van der Waals surface area contributed by atoms with E-state index in [2.05, 4.69) is 47.2 Å². The van der Waals surface area contributed by atoms with Gasteiger partial charge < -0.3 is 10.8 Å². The van der Waals surface area contributed by atoms with Crippen molar-refractivity contribution < 1.29 is 5.11 Å². The molecule has 0 bridgehead atoms. The standard InChI is InChI=1S/C22H20N4O/c1-15-9-11-16(12-10-15)5-4-6-17-13-26-14-19(24-22(26)25-21(17)23)18-7-2-3-8-20(18)27/h2-4,6-14,27H,5H2,1H3,(H2,23,24,25)/b6-4+. The zero-order valence-corrected chi connectivity index (χ0v) is 15.0. The quantitative estimate of drug-likeness (QED) is 0.573. The Morgan fingerprint density at radius 1 is 1.04 bits per heavy atom. The fourth-order valence-electron chi connectivity index (χ4n) is 2.94. The highest BCUT2D eigenvalue weighted by molar-refractivity contribution is 5.69. The molecule has 4 rings (SSSR count). The van der Waals surface area contributed by atoms with E-state index >= 15 is 0 Å². The lowest BCUT2D eigenvalue weighted by Crippen LogP contribution is -1.98. The monoisotopic (exact) mass is 356 g/mol. The molecule has 2 aromatic heterocycles. The SMILES string of the molecule is Cc1ccc(C/C=C/c2cn3cc(-c4ccccc4O)nc3nc2N)cc1. The van der Waals surface area contributed by atoms with E-state index in [1.165, 1.54) is 11.1 Å². The number of aromatic nitrogens is 3. The summed E-state index contributed by atoms with van der Waals surface area (Å²) in [6, 6.07) is 15.6. The molecule has 4 aromatic rings. The predicted octanol–water partition coefficient (Wildman–Crippen LogP) is 4.25. The number of allylic oxidation sites excluding steroid dienone is 1. The number of hydrogen-bond acceptors (Lipinski definition) is 4. The van der Waals surface area contributed by atoms with Gasteiger partial charge in [0.1, 0.15) is 11.6 Å². The van der Waals surface area contributed by atoms with Crippen molar-refractivity contribution in [3.8, 4) is 17.0 Å². The maximum atomic E-state index is 10.0. The average Bonchev–Trinajstić information content (AvgIpc) is 3.06. The van der Waals surface area contributed by atoms with Gasteiger partial charge in [0.2, 0.25) is 5.78 Å². The van der Waals surface area contributed by atoms with Crippen LogP contribution >= 0.6 is 0 Å². The van der Waals surface area contributed by atoms with Crippen molar-refractivity contribution in [2.45, 2.75) is 13.3 Å². The van der Waals surface area contributed by atoms with Gasteiger partial charge in [-0.25, -0.2) is 4.98 Å². The number of phenols is 1. The van der Waals surface area contributed by atoms with Crippen molar-refractivity contribution >= 4 is 17.7 Å². The number of phenolic OH excluding ortho intramolecular Hbond substituents is 1. The summed E-state index contributed by atoms with van der Waals surface area (Å²) in [5.74, 6) is 1.12.